The van der Waals surface area contributed by atoms with Crippen molar-refractivity contribution in [3.8, 4) is 0 Å². The maximum atomic E-state index is 5.95. The zero-order valence-corrected chi connectivity index (χ0v) is 11.5. The largest absolute Gasteiger partial charge is 0.378 e. The Labute approximate surface area is 110 Å². The molecule has 1 spiro atoms. The molecule has 3 atom stereocenters. The van der Waals surface area contributed by atoms with Crippen LogP contribution in [0, 0.1) is 0 Å². The molecule has 0 saturated carbocycles. The van der Waals surface area contributed by atoms with Gasteiger partial charge in [0.2, 0.25) is 0 Å². The van der Waals surface area contributed by atoms with E-state index < -0.39 is 0 Å². The molecule has 0 bridgehead atoms. The molecular weight excluding hydrogens is 228 g/mol. The Kier molecular flexibility index (Phi) is 3.89. The van der Waals surface area contributed by atoms with Crippen molar-refractivity contribution < 1.29 is 9.47 Å². The van der Waals surface area contributed by atoms with E-state index in [-0.39, 0.29) is 5.54 Å². The van der Waals surface area contributed by atoms with E-state index in [0.717, 1.165) is 32.8 Å². The fraction of sp³-hybridized carbons (Fsp3) is 1.00. The van der Waals surface area contributed by atoms with Gasteiger partial charge in [0, 0.05) is 19.6 Å². The summed E-state index contributed by atoms with van der Waals surface area (Å²) in [5.41, 5.74) is 0.223. The lowest BCUT2D eigenvalue weighted by atomic mass is 9.88. The highest BCUT2D eigenvalue weighted by atomic mass is 16.5. The first kappa shape index (κ1) is 12.9. The van der Waals surface area contributed by atoms with Gasteiger partial charge in [-0.15, -0.1) is 0 Å². The fourth-order valence-electron chi connectivity index (χ4n) is 3.66. The van der Waals surface area contributed by atoms with Crippen LogP contribution in [0.2, 0.25) is 0 Å². The van der Waals surface area contributed by atoms with Crippen LogP contribution in [0.3, 0.4) is 0 Å². The van der Waals surface area contributed by atoms with Crippen LogP contribution in [0.4, 0.5) is 0 Å². The SMILES string of the molecule is CC1CCC(CN2CCCC3(COCCN3)C2)O1. The van der Waals surface area contributed by atoms with E-state index in [1.165, 1.54) is 32.2 Å². The van der Waals surface area contributed by atoms with Gasteiger partial charge in [-0.05, 0) is 39.2 Å². The molecule has 4 nitrogen and oxygen atoms in total. The first-order chi connectivity index (χ1) is 8.76. The summed E-state index contributed by atoms with van der Waals surface area (Å²) in [5, 5.41) is 3.69. The minimum atomic E-state index is 0.223. The van der Waals surface area contributed by atoms with Crippen molar-refractivity contribution in [1.82, 2.24) is 10.2 Å². The van der Waals surface area contributed by atoms with E-state index in [4.69, 9.17) is 9.47 Å². The summed E-state index contributed by atoms with van der Waals surface area (Å²) in [6.45, 7) is 8.39. The maximum absolute atomic E-state index is 5.95. The number of nitrogens with one attached hydrogen (secondary N) is 1. The lowest BCUT2D eigenvalue weighted by Crippen LogP contribution is -2.63. The molecule has 0 amide bonds. The van der Waals surface area contributed by atoms with Crippen LogP contribution in [-0.2, 0) is 9.47 Å². The molecule has 3 unspecified atom stereocenters. The smallest absolute Gasteiger partial charge is 0.0706 e. The van der Waals surface area contributed by atoms with Crippen molar-refractivity contribution in [2.24, 2.45) is 0 Å². The van der Waals surface area contributed by atoms with Crippen LogP contribution in [0.25, 0.3) is 0 Å². The van der Waals surface area contributed by atoms with Crippen molar-refractivity contribution in [2.75, 3.05) is 39.4 Å². The van der Waals surface area contributed by atoms with Gasteiger partial charge in [0.25, 0.3) is 0 Å². The summed E-state index contributed by atoms with van der Waals surface area (Å²) in [7, 11) is 0. The number of ether oxygens (including phenoxy) is 2. The number of nitrogens with zero attached hydrogens (tertiary/aromatic N) is 1. The lowest BCUT2D eigenvalue weighted by Gasteiger charge is -2.46. The molecule has 3 fully saturated rings. The van der Waals surface area contributed by atoms with E-state index in [0.29, 0.717) is 12.2 Å². The third-order valence-corrected chi connectivity index (χ3v) is 4.56. The Balaban J connectivity index is 1.53. The standard InChI is InChI=1S/C14H26N2O2/c1-12-3-4-13(18-12)9-16-7-2-5-14(10-16)11-17-8-6-15-14/h12-13,15H,2-11H2,1H3. The molecule has 3 heterocycles. The number of hydrogen-bond donors (Lipinski definition) is 1. The van der Waals surface area contributed by atoms with Crippen molar-refractivity contribution in [2.45, 2.75) is 50.4 Å². The molecule has 3 aliphatic heterocycles. The second-order valence-corrected chi connectivity index (χ2v) is 6.24. The number of morpholine rings is 1. The van der Waals surface area contributed by atoms with Gasteiger partial charge < -0.3 is 14.8 Å². The van der Waals surface area contributed by atoms with E-state index in [2.05, 4.69) is 17.1 Å². The molecular formula is C14H26N2O2. The summed E-state index contributed by atoms with van der Waals surface area (Å²) in [4.78, 5) is 2.58. The van der Waals surface area contributed by atoms with Gasteiger partial charge in [0.1, 0.15) is 0 Å². The second-order valence-electron chi connectivity index (χ2n) is 6.24. The molecule has 3 saturated heterocycles. The van der Waals surface area contributed by atoms with Crippen LogP contribution >= 0.6 is 0 Å². The quantitative estimate of drug-likeness (QED) is 0.797. The minimum Gasteiger partial charge on any atom is -0.378 e. The summed E-state index contributed by atoms with van der Waals surface area (Å²) in [6, 6.07) is 0. The number of rotatable bonds is 2. The zero-order valence-electron chi connectivity index (χ0n) is 11.5. The van der Waals surface area contributed by atoms with E-state index in [1.54, 1.807) is 0 Å². The van der Waals surface area contributed by atoms with E-state index in [9.17, 15) is 0 Å². The summed E-state index contributed by atoms with van der Waals surface area (Å²) in [5.74, 6) is 0. The van der Waals surface area contributed by atoms with Crippen molar-refractivity contribution >= 4 is 0 Å². The molecule has 3 aliphatic rings. The topological polar surface area (TPSA) is 33.7 Å². The Morgan fingerprint density at radius 3 is 3.06 bits per heavy atom. The van der Waals surface area contributed by atoms with E-state index >= 15 is 0 Å². The zero-order chi connectivity index (χ0) is 12.4. The molecule has 1 N–H and O–H groups in total. The monoisotopic (exact) mass is 254 g/mol. The highest BCUT2D eigenvalue weighted by Crippen LogP contribution is 2.26. The molecule has 0 aromatic carbocycles. The molecule has 0 aromatic heterocycles. The van der Waals surface area contributed by atoms with Gasteiger partial charge in [-0.3, -0.25) is 4.90 Å². The highest BCUT2D eigenvalue weighted by Gasteiger charge is 2.38. The van der Waals surface area contributed by atoms with Gasteiger partial charge in [0.05, 0.1) is 31.0 Å². The minimum absolute atomic E-state index is 0.223. The Bertz CT molecular complexity index is 273. The average molecular weight is 254 g/mol. The van der Waals surface area contributed by atoms with Gasteiger partial charge >= 0.3 is 0 Å². The van der Waals surface area contributed by atoms with Gasteiger partial charge in [-0.25, -0.2) is 0 Å². The lowest BCUT2D eigenvalue weighted by molar-refractivity contribution is -0.0283. The molecule has 4 heteroatoms. The van der Waals surface area contributed by atoms with Gasteiger partial charge in [-0.2, -0.15) is 0 Å². The molecule has 0 radical (unpaired) electrons. The third kappa shape index (κ3) is 2.87. The summed E-state index contributed by atoms with van der Waals surface area (Å²) in [6.07, 6.45) is 5.91. The predicted octanol–water partition coefficient (Wildman–Crippen LogP) is 1.01. The second kappa shape index (κ2) is 5.45. The molecule has 18 heavy (non-hydrogen) atoms. The molecule has 3 rings (SSSR count). The Morgan fingerprint density at radius 1 is 1.39 bits per heavy atom. The van der Waals surface area contributed by atoms with Crippen molar-refractivity contribution in [3.63, 3.8) is 0 Å². The van der Waals surface area contributed by atoms with Crippen LogP contribution < -0.4 is 5.32 Å². The van der Waals surface area contributed by atoms with Gasteiger partial charge in [-0.1, -0.05) is 0 Å². The van der Waals surface area contributed by atoms with Crippen LogP contribution in [0.15, 0.2) is 0 Å². The predicted molar refractivity (Wildman–Crippen MR) is 70.8 cm³/mol. The summed E-state index contributed by atoms with van der Waals surface area (Å²) < 4.78 is 11.6. The fourth-order valence-corrected chi connectivity index (χ4v) is 3.66. The Hall–Kier alpha value is -0.160. The number of hydrogen-bond acceptors (Lipinski definition) is 4. The van der Waals surface area contributed by atoms with Crippen molar-refractivity contribution in [1.29, 1.82) is 0 Å². The number of likely N-dealkylation sites (tertiary alicyclic amines) is 1. The highest BCUT2D eigenvalue weighted by molar-refractivity contribution is 4.96. The maximum Gasteiger partial charge on any atom is 0.0706 e. The average Bonchev–Trinajstić information content (AvgIpc) is 2.76. The van der Waals surface area contributed by atoms with Crippen LogP contribution in [-0.4, -0.2) is 62.0 Å². The van der Waals surface area contributed by atoms with Gasteiger partial charge in [0.15, 0.2) is 0 Å². The normalized spacial score (nSPS) is 42.5. The summed E-state index contributed by atoms with van der Waals surface area (Å²) >= 11 is 0. The Morgan fingerprint density at radius 2 is 2.33 bits per heavy atom. The molecule has 0 aliphatic carbocycles. The first-order valence-electron chi connectivity index (χ1n) is 7.46. The third-order valence-electron chi connectivity index (χ3n) is 4.56. The van der Waals surface area contributed by atoms with E-state index in [1.807, 2.05) is 0 Å². The van der Waals surface area contributed by atoms with Crippen LogP contribution in [0.1, 0.15) is 32.6 Å². The van der Waals surface area contributed by atoms with Crippen molar-refractivity contribution in [3.05, 3.63) is 0 Å². The molecule has 104 valence electrons. The number of piperidine rings is 1. The first-order valence-corrected chi connectivity index (χ1v) is 7.46. The van der Waals surface area contributed by atoms with Crippen LogP contribution in [0.5, 0.6) is 0 Å². The molecule has 0 aromatic rings.